The highest BCUT2D eigenvalue weighted by molar-refractivity contribution is 5.98. The standard InChI is InChI=1S/C29H36FN3O3.2C2HF3O2/c1-31(2)13-14-32(3)22-17-33-25-15-20(29(34)35)9-11-23(25)27(19-7-5-4-6-8-19)28(33)24-12-10-21(30)16-26(24)36-18-22;2*3-2(4,5)1(6)7/h9-12,15-16,19,22H,4-8,13-14,17-18H2,1-3H3,(H,34,35);2*(H,6,7). The fraction of sp³-hybridized carbons (Fsp3) is 0.485. The van der Waals surface area contributed by atoms with Gasteiger partial charge in [-0.1, -0.05) is 25.3 Å². The molecule has 50 heavy (non-hydrogen) atoms. The summed E-state index contributed by atoms with van der Waals surface area (Å²) in [6.07, 6.45) is -4.52. The van der Waals surface area contributed by atoms with Crippen LogP contribution in [0.1, 0.15) is 53.9 Å². The van der Waals surface area contributed by atoms with E-state index in [2.05, 4.69) is 25.7 Å². The van der Waals surface area contributed by atoms with Crippen molar-refractivity contribution in [3.63, 3.8) is 0 Å². The third kappa shape index (κ3) is 10.3. The molecule has 10 nitrogen and oxygen atoms in total. The van der Waals surface area contributed by atoms with Crippen molar-refractivity contribution in [3.05, 3.63) is 53.3 Å². The molecule has 276 valence electrons. The Bertz CT molecular complexity index is 1640. The van der Waals surface area contributed by atoms with Gasteiger partial charge in [0.05, 0.1) is 38.9 Å². The molecule has 1 aliphatic carbocycles. The third-order valence-corrected chi connectivity index (χ3v) is 8.59. The quantitative estimate of drug-likeness (QED) is 0.326. The number of aromatic nitrogens is 1. The molecule has 2 aromatic carbocycles. The first-order chi connectivity index (χ1) is 23.2. The number of aliphatic carboxylic acids is 2. The van der Waals surface area contributed by atoms with Crippen LogP contribution < -0.4 is 24.7 Å². The number of aromatic carboxylic acids is 1. The number of alkyl halides is 6. The summed E-state index contributed by atoms with van der Waals surface area (Å²) in [4.78, 5) is 32.2. The number of ether oxygens (including phenoxy) is 1. The Morgan fingerprint density at radius 1 is 0.900 bits per heavy atom. The van der Waals surface area contributed by atoms with Gasteiger partial charge in [0, 0.05) is 22.5 Å². The van der Waals surface area contributed by atoms with E-state index in [1.54, 1.807) is 6.07 Å². The largest absolute Gasteiger partial charge is 0.542 e. The Morgan fingerprint density at radius 3 is 2.00 bits per heavy atom. The summed E-state index contributed by atoms with van der Waals surface area (Å²) >= 11 is 0. The number of hydrogen-bond donors (Lipinski definition) is 3. The number of carboxylic acids is 3. The molecule has 0 radical (unpaired) electrons. The first kappa shape index (κ1) is 40.1. The van der Waals surface area contributed by atoms with E-state index < -0.39 is 30.3 Å². The second-order valence-electron chi connectivity index (χ2n) is 12.5. The van der Waals surface area contributed by atoms with Crippen LogP contribution in [0.3, 0.4) is 0 Å². The maximum absolute atomic E-state index is 14.4. The van der Waals surface area contributed by atoms with Crippen molar-refractivity contribution < 1.29 is 75.0 Å². The van der Waals surface area contributed by atoms with Crippen LogP contribution in [0.25, 0.3) is 22.2 Å². The normalized spacial score (nSPS) is 17.1. The van der Waals surface area contributed by atoms with E-state index in [4.69, 9.17) is 24.5 Å². The molecule has 5 rings (SSSR count). The second-order valence-corrected chi connectivity index (χ2v) is 12.5. The van der Waals surface area contributed by atoms with Crippen LogP contribution in [-0.2, 0) is 16.1 Å². The van der Waals surface area contributed by atoms with Gasteiger partial charge in [0.2, 0.25) is 0 Å². The monoisotopic (exact) mass is 721 g/mol. The lowest BCUT2D eigenvalue weighted by Gasteiger charge is -2.30. The number of likely N-dealkylation sites (N-methyl/N-ethyl adjacent to an activating group) is 2. The van der Waals surface area contributed by atoms with Crippen LogP contribution in [0.5, 0.6) is 5.75 Å². The van der Waals surface area contributed by atoms with E-state index >= 15 is 0 Å². The van der Waals surface area contributed by atoms with Gasteiger partial charge in [0.15, 0.2) is 0 Å². The number of benzene rings is 2. The van der Waals surface area contributed by atoms with E-state index in [9.17, 15) is 40.6 Å². The Kier molecular flexibility index (Phi) is 13.3. The molecule has 1 fully saturated rings. The van der Waals surface area contributed by atoms with Gasteiger partial charge in [-0.05, 0) is 48.6 Å². The van der Waals surface area contributed by atoms with Crippen LogP contribution in [0, 0.1) is 5.82 Å². The number of fused-ring (bicyclic) bond motifs is 5. The number of nitrogens with one attached hydrogen (secondary N) is 2. The highest BCUT2D eigenvalue weighted by Crippen LogP contribution is 2.47. The van der Waals surface area contributed by atoms with E-state index in [1.165, 1.54) is 46.8 Å². The average molecular weight is 722 g/mol. The summed E-state index contributed by atoms with van der Waals surface area (Å²) in [6.45, 7) is 3.20. The number of carbonyl (C=O) groups is 3. The fourth-order valence-electron chi connectivity index (χ4n) is 6.02. The molecule has 1 saturated carbocycles. The molecule has 2 atom stereocenters. The third-order valence-electron chi connectivity index (χ3n) is 8.59. The Morgan fingerprint density at radius 2 is 1.48 bits per heavy atom. The van der Waals surface area contributed by atoms with Gasteiger partial charge in [0.1, 0.15) is 49.2 Å². The zero-order valence-electron chi connectivity index (χ0n) is 27.5. The van der Waals surface area contributed by atoms with Gasteiger partial charge >= 0.3 is 18.3 Å². The maximum Gasteiger partial charge on any atom is 0.430 e. The molecule has 0 spiro atoms. The lowest BCUT2D eigenvalue weighted by Crippen LogP contribution is -3.19. The zero-order valence-corrected chi connectivity index (χ0v) is 27.5. The van der Waals surface area contributed by atoms with Gasteiger partial charge in [0.25, 0.3) is 0 Å². The molecular formula is C33H38F7N3O7. The number of hydrogen-bond acceptors (Lipinski definition) is 6. The predicted molar refractivity (Wildman–Crippen MR) is 161 cm³/mol. The SMILES string of the molecule is C[NH+](C)CC[NH+](C)C1COc2cc(F)ccc2-c2c(C3CCCCC3)c3ccc(C(=O)O)cc3n2C1.O=C([O-])C(F)(F)F.O=C([O-])C(F)(F)F. The van der Waals surface area contributed by atoms with Crippen molar-refractivity contribution in [3.8, 4) is 17.0 Å². The summed E-state index contributed by atoms with van der Waals surface area (Å²) in [6, 6.07) is 10.5. The van der Waals surface area contributed by atoms with E-state index in [0.29, 0.717) is 30.4 Å². The lowest BCUT2D eigenvalue weighted by atomic mass is 9.81. The first-order valence-corrected chi connectivity index (χ1v) is 15.7. The molecule has 3 N–H and O–H groups in total. The highest BCUT2D eigenvalue weighted by atomic mass is 19.4. The van der Waals surface area contributed by atoms with Crippen LogP contribution in [0.4, 0.5) is 30.7 Å². The van der Waals surface area contributed by atoms with Crippen LogP contribution >= 0.6 is 0 Å². The summed E-state index contributed by atoms with van der Waals surface area (Å²) < 4.78 is 86.2. The summed E-state index contributed by atoms with van der Waals surface area (Å²) in [5.74, 6) is -6.27. The molecule has 2 heterocycles. The zero-order chi connectivity index (χ0) is 37.6. The summed E-state index contributed by atoms with van der Waals surface area (Å²) in [7, 11) is 6.51. The number of rotatable bonds is 6. The van der Waals surface area contributed by atoms with E-state index in [1.807, 2.05) is 18.2 Å². The smallest absolute Gasteiger partial charge is 0.430 e. The van der Waals surface area contributed by atoms with Gasteiger partial charge in [-0.25, -0.2) is 9.18 Å². The number of carboxylic acid groups (broad SMARTS) is 3. The Labute approximate surface area is 282 Å². The minimum atomic E-state index is -5.19. The van der Waals surface area contributed by atoms with Crippen molar-refractivity contribution in [2.45, 2.75) is 63.0 Å². The molecule has 3 aromatic rings. The fourth-order valence-corrected chi connectivity index (χ4v) is 6.02. The predicted octanol–water partition coefficient (Wildman–Crippen LogP) is 1.21. The highest BCUT2D eigenvalue weighted by Gasteiger charge is 2.33. The van der Waals surface area contributed by atoms with Gasteiger partial charge in [-0.2, -0.15) is 26.3 Å². The maximum atomic E-state index is 14.4. The Hall–Kier alpha value is -4.38. The molecule has 0 saturated heterocycles. The van der Waals surface area contributed by atoms with Crippen LogP contribution in [0.15, 0.2) is 36.4 Å². The van der Waals surface area contributed by atoms with Crippen molar-refractivity contribution >= 4 is 28.8 Å². The summed E-state index contributed by atoms with van der Waals surface area (Å²) in [5.41, 5.74) is 4.50. The van der Waals surface area contributed by atoms with E-state index in [0.717, 1.165) is 48.1 Å². The topological polar surface area (TPSA) is 141 Å². The molecule has 0 amide bonds. The lowest BCUT2D eigenvalue weighted by molar-refractivity contribution is -0.945. The van der Waals surface area contributed by atoms with Crippen molar-refractivity contribution in [2.24, 2.45) is 0 Å². The Balaban J connectivity index is 0.000000408. The molecule has 17 heteroatoms. The van der Waals surface area contributed by atoms with Gasteiger partial charge in [-0.15, -0.1) is 0 Å². The molecule has 0 bridgehead atoms. The van der Waals surface area contributed by atoms with Crippen molar-refractivity contribution in [2.75, 3.05) is 40.8 Å². The minimum absolute atomic E-state index is 0.141. The van der Waals surface area contributed by atoms with Gasteiger partial charge in [-0.3, -0.25) is 0 Å². The molecule has 2 aliphatic rings. The minimum Gasteiger partial charge on any atom is -0.542 e. The molecule has 1 aromatic heterocycles. The van der Waals surface area contributed by atoms with Crippen LogP contribution in [-0.4, -0.2) is 86.8 Å². The number of halogens is 7. The number of nitrogens with zero attached hydrogens (tertiary/aromatic N) is 1. The molecule has 2 unspecified atom stereocenters. The van der Waals surface area contributed by atoms with Crippen molar-refractivity contribution in [1.29, 1.82) is 0 Å². The van der Waals surface area contributed by atoms with Crippen LogP contribution in [0.2, 0.25) is 0 Å². The number of carbonyl (C=O) groups excluding carboxylic acids is 2. The summed E-state index contributed by atoms with van der Waals surface area (Å²) in [5, 5.41) is 28.5. The second kappa shape index (κ2) is 16.6. The van der Waals surface area contributed by atoms with Gasteiger partial charge < -0.3 is 44.0 Å². The molecular weight excluding hydrogens is 683 g/mol. The first-order valence-electron chi connectivity index (χ1n) is 15.7. The average Bonchev–Trinajstić information content (AvgIpc) is 3.33. The van der Waals surface area contributed by atoms with Crippen molar-refractivity contribution in [1.82, 2.24) is 4.57 Å². The number of quaternary nitrogens is 2. The molecule has 1 aliphatic heterocycles. The van der Waals surface area contributed by atoms with E-state index in [-0.39, 0.29) is 11.9 Å².